The molecule has 5 rings (SSSR count). The van der Waals surface area contributed by atoms with E-state index in [0.29, 0.717) is 29.6 Å². The maximum atomic E-state index is 13.0. The zero-order chi connectivity index (χ0) is 22.9. The van der Waals surface area contributed by atoms with Crippen LogP contribution in [0.5, 0.6) is 0 Å². The fraction of sp³-hybridized carbons (Fsp3) is 0.500. The van der Waals surface area contributed by atoms with Crippen molar-refractivity contribution >= 4 is 44.9 Å². The van der Waals surface area contributed by atoms with Crippen LogP contribution in [-0.2, 0) is 12.8 Å². The topological polar surface area (TPSA) is 49.3 Å². The highest BCUT2D eigenvalue weighted by Gasteiger charge is 2.28. The van der Waals surface area contributed by atoms with Gasteiger partial charge in [-0.15, -0.1) is 11.3 Å². The predicted octanol–water partition coefficient (Wildman–Crippen LogP) is 6.09. The molecule has 7 heteroatoms. The molecular formula is C26H31ClN4OS. The number of hydrogen-bond donors (Lipinski definition) is 0. The van der Waals surface area contributed by atoms with E-state index < -0.39 is 0 Å². The van der Waals surface area contributed by atoms with Crippen LogP contribution in [0.3, 0.4) is 0 Å². The van der Waals surface area contributed by atoms with Gasteiger partial charge in [0.2, 0.25) is 0 Å². The van der Waals surface area contributed by atoms with E-state index in [2.05, 4.69) is 18.7 Å². The number of carbonyl (C=O) groups is 1. The molecule has 5 nitrogen and oxygen atoms in total. The van der Waals surface area contributed by atoms with Crippen LogP contribution in [0, 0.1) is 0 Å². The Bertz CT molecular complexity index is 1150. The fourth-order valence-electron chi connectivity index (χ4n) is 4.86. The number of aromatic nitrogens is 2. The maximum absolute atomic E-state index is 13.0. The Labute approximate surface area is 204 Å². The van der Waals surface area contributed by atoms with E-state index in [9.17, 15) is 4.79 Å². The molecule has 0 N–H and O–H groups in total. The van der Waals surface area contributed by atoms with Crippen LogP contribution < -0.4 is 4.90 Å². The highest BCUT2D eigenvalue weighted by atomic mass is 35.5. The predicted molar refractivity (Wildman–Crippen MR) is 137 cm³/mol. The Kier molecular flexibility index (Phi) is 6.57. The SMILES string of the molecule is CC[C@H](C)c1nc(N2CCN(C(=O)c3ccc(Cl)cc3)CC2)c2c3c(sc2n1)CCCCC3. The van der Waals surface area contributed by atoms with Crippen molar-refractivity contribution in [2.24, 2.45) is 0 Å². The standard InChI is InChI=1S/C26H31ClN4OS/c1-3-17(2)23-28-24(22-20-7-5-4-6-8-21(20)33-25(22)29-23)30-13-15-31(16-14-30)26(32)18-9-11-19(27)12-10-18/h9-12,17H,3-8,13-16H2,1-2H3/t17-/m0/s1. The molecule has 3 heterocycles. The summed E-state index contributed by atoms with van der Waals surface area (Å²) in [6.45, 7) is 7.37. The highest BCUT2D eigenvalue weighted by molar-refractivity contribution is 7.19. The molecular weight excluding hydrogens is 452 g/mol. The van der Waals surface area contributed by atoms with E-state index in [1.807, 2.05) is 28.4 Å². The molecule has 0 saturated carbocycles. The van der Waals surface area contributed by atoms with Gasteiger partial charge in [0.15, 0.2) is 0 Å². The second-order valence-electron chi connectivity index (χ2n) is 9.25. The Hall–Kier alpha value is -2.18. The van der Waals surface area contributed by atoms with Crippen molar-refractivity contribution in [1.82, 2.24) is 14.9 Å². The van der Waals surface area contributed by atoms with Gasteiger partial charge in [0.25, 0.3) is 5.91 Å². The number of fused-ring (bicyclic) bond motifs is 3. The lowest BCUT2D eigenvalue weighted by Crippen LogP contribution is -2.49. The first-order valence-electron chi connectivity index (χ1n) is 12.2. The quantitative estimate of drug-likeness (QED) is 0.422. The fourth-order valence-corrected chi connectivity index (χ4v) is 6.25. The summed E-state index contributed by atoms with van der Waals surface area (Å²) in [6.07, 6.45) is 7.14. The second kappa shape index (κ2) is 9.59. The summed E-state index contributed by atoms with van der Waals surface area (Å²) in [7, 11) is 0. The molecule has 0 spiro atoms. The minimum Gasteiger partial charge on any atom is -0.352 e. The molecule has 1 amide bonds. The molecule has 1 fully saturated rings. The second-order valence-corrected chi connectivity index (χ2v) is 10.8. The monoisotopic (exact) mass is 482 g/mol. The summed E-state index contributed by atoms with van der Waals surface area (Å²) in [6, 6.07) is 7.18. The molecule has 2 aliphatic rings. The van der Waals surface area contributed by atoms with E-state index in [1.54, 1.807) is 12.1 Å². The third-order valence-electron chi connectivity index (χ3n) is 7.07. The van der Waals surface area contributed by atoms with Gasteiger partial charge in [-0.3, -0.25) is 4.79 Å². The van der Waals surface area contributed by atoms with Gasteiger partial charge in [-0.25, -0.2) is 9.97 Å². The molecule has 2 aromatic heterocycles. The van der Waals surface area contributed by atoms with Gasteiger partial charge in [-0.05, 0) is 61.9 Å². The molecule has 1 saturated heterocycles. The van der Waals surface area contributed by atoms with Gasteiger partial charge in [0.1, 0.15) is 16.5 Å². The Morgan fingerprint density at radius 1 is 1.06 bits per heavy atom. The number of hydrogen-bond acceptors (Lipinski definition) is 5. The van der Waals surface area contributed by atoms with Crippen LogP contribution >= 0.6 is 22.9 Å². The molecule has 33 heavy (non-hydrogen) atoms. The summed E-state index contributed by atoms with van der Waals surface area (Å²) in [5, 5.41) is 1.93. The number of piperazine rings is 1. The lowest BCUT2D eigenvalue weighted by molar-refractivity contribution is 0.0746. The molecule has 0 unspecified atom stereocenters. The van der Waals surface area contributed by atoms with E-state index in [-0.39, 0.29) is 5.91 Å². The zero-order valence-electron chi connectivity index (χ0n) is 19.4. The molecule has 1 aliphatic heterocycles. The number of anilines is 1. The summed E-state index contributed by atoms with van der Waals surface area (Å²) >= 11 is 7.87. The summed E-state index contributed by atoms with van der Waals surface area (Å²) in [5.74, 6) is 2.45. The number of rotatable bonds is 4. The van der Waals surface area contributed by atoms with Crippen LogP contribution in [0.1, 0.15) is 72.1 Å². The van der Waals surface area contributed by atoms with E-state index in [0.717, 1.165) is 48.8 Å². The average molecular weight is 483 g/mol. The number of thiophene rings is 1. The number of benzene rings is 1. The van der Waals surface area contributed by atoms with Gasteiger partial charge in [-0.1, -0.05) is 31.9 Å². The maximum Gasteiger partial charge on any atom is 0.253 e. The van der Waals surface area contributed by atoms with Crippen LogP contribution in [0.4, 0.5) is 5.82 Å². The van der Waals surface area contributed by atoms with Gasteiger partial charge in [0, 0.05) is 47.6 Å². The van der Waals surface area contributed by atoms with Crippen LogP contribution in [0.15, 0.2) is 24.3 Å². The van der Waals surface area contributed by atoms with E-state index in [4.69, 9.17) is 21.6 Å². The minimum atomic E-state index is 0.0730. The average Bonchev–Trinajstić information content (AvgIpc) is 3.03. The van der Waals surface area contributed by atoms with Crippen molar-refractivity contribution in [2.75, 3.05) is 31.1 Å². The third kappa shape index (κ3) is 4.47. The zero-order valence-corrected chi connectivity index (χ0v) is 21.0. The van der Waals surface area contributed by atoms with Gasteiger partial charge in [0.05, 0.1) is 5.39 Å². The number of amides is 1. The Morgan fingerprint density at radius 3 is 2.52 bits per heavy atom. The molecule has 1 atom stereocenters. The Morgan fingerprint density at radius 2 is 1.79 bits per heavy atom. The van der Waals surface area contributed by atoms with Gasteiger partial charge < -0.3 is 9.80 Å². The first-order valence-corrected chi connectivity index (χ1v) is 13.4. The van der Waals surface area contributed by atoms with E-state index >= 15 is 0 Å². The number of halogens is 1. The van der Waals surface area contributed by atoms with E-state index in [1.165, 1.54) is 35.1 Å². The van der Waals surface area contributed by atoms with Crippen molar-refractivity contribution in [2.45, 2.75) is 58.3 Å². The lowest BCUT2D eigenvalue weighted by Gasteiger charge is -2.36. The number of carbonyl (C=O) groups excluding carboxylic acids is 1. The van der Waals surface area contributed by atoms with Gasteiger partial charge in [-0.2, -0.15) is 0 Å². The van der Waals surface area contributed by atoms with Gasteiger partial charge >= 0.3 is 0 Å². The van der Waals surface area contributed by atoms with Crippen LogP contribution in [-0.4, -0.2) is 47.0 Å². The first-order chi connectivity index (χ1) is 16.0. The van der Waals surface area contributed by atoms with Crippen molar-refractivity contribution in [3.8, 4) is 0 Å². The van der Waals surface area contributed by atoms with Crippen molar-refractivity contribution in [3.63, 3.8) is 0 Å². The highest BCUT2D eigenvalue weighted by Crippen LogP contribution is 2.40. The summed E-state index contributed by atoms with van der Waals surface area (Å²) in [4.78, 5) is 30.2. The van der Waals surface area contributed by atoms with Crippen molar-refractivity contribution in [3.05, 3.63) is 51.1 Å². The van der Waals surface area contributed by atoms with Crippen molar-refractivity contribution in [1.29, 1.82) is 0 Å². The normalized spacial score (nSPS) is 17.7. The lowest BCUT2D eigenvalue weighted by atomic mass is 10.1. The number of aryl methyl sites for hydroxylation is 2. The minimum absolute atomic E-state index is 0.0730. The molecule has 1 aliphatic carbocycles. The van der Waals surface area contributed by atoms with Crippen molar-refractivity contribution < 1.29 is 4.79 Å². The third-order valence-corrected chi connectivity index (χ3v) is 8.51. The van der Waals surface area contributed by atoms with Crippen LogP contribution in [0.25, 0.3) is 10.2 Å². The molecule has 1 aromatic carbocycles. The summed E-state index contributed by atoms with van der Waals surface area (Å²) in [5.41, 5.74) is 2.18. The molecule has 174 valence electrons. The summed E-state index contributed by atoms with van der Waals surface area (Å²) < 4.78 is 0. The molecule has 3 aromatic rings. The largest absolute Gasteiger partial charge is 0.352 e. The molecule has 0 radical (unpaired) electrons. The number of nitrogens with zero attached hydrogens (tertiary/aromatic N) is 4. The Balaban J connectivity index is 1.44. The molecule has 0 bridgehead atoms. The van der Waals surface area contributed by atoms with Crippen LogP contribution in [0.2, 0.25) is 5.02 Å². The smallest absolute Gasteiger partial charge is 0.253 e. The first kappa shape index (κ1) is 22.6.